The van der Waals surface area contributed by atoms with Crippen molar-refractivity contribution in [1.29, 1.82) is 0 Å². The van der Waals surface area contributed by atoms with Gasteiger partial charge in [-0.3, -0.25) is 4.98 Å². The van der Waals surface area contributed by atoms with Gasteiger partial charge in [0.2, 0.25) is 0 Å². The van der Waals surface area contributed by atoms with Gasteiger partial charge in [-0.25, -0.2) is 0 Å². The highest BCUT2D eigenvalue weighted by Crippen LogP contribution is 2.32. The van der Waals surface area contributed by atoms with Gasteiger partial charge in [0, 0.05) is 11.8 Å². The normalized spacial score (nSPS) is 11.2. The lowest BCUT2D eigenvalue weighted by Gasteiger charge is -2.14. The van der Waals surface area contributed by atoms with Crippen LogP contribution in [0.25, 0.3) is 43.9 Å². The molecule has 0 saturated carbocycles. The van der Waals surface area contributed by atoms with Crippen molar-refractivity contribution in [3.05, 3.63) is 138 Å². The molecule has 0 amide bonds. The van der Waals surface area contributed by atoms with E-state index < -0.39 is 0 Å². The number of pyridine rings is 1. The molecule has 1 heterocycles. The van der Waals surface area contributed by atoms with Crippen molar-refractivity contribution in [3.63, 3.8) is 0 Å². The number of aryl methyl sites for hydroxylation is 1. The Balaban J connectivity index is 1.41. The molecule has 0 atom stereocenters. The Labute approximate surface area is 200 Å². The van der Waals surface area contributed by atoms with Gasteiger partial charge in [-0.1, -0.05) is 103 Å². The summed E-state index contributed by atoms with van der Waals surface area (Å²) in [6.45, 7) is 2.19. The predicted molar refractivity (Wildman–Crippen MR) is 144 cm³/mol. The van der Waals surface area contributed by atoms with Crippen LogP contribution in [0, 0.1) is 6.92 Å². The fourth-order valence-corrected chi connectivity index (χ4v) is 5.00. The van der Waals surface area contributed by atoms with Crippen LogP contribution < -0.4 is 0 Å². The maximum absolute atomic E-state index is 4.48. The third-order valence-corrected chi connectivity index (χ3v) is 6.58. The second-order valence-electron chi connectivity index (χ2n) is 8.97. The summed E-state index contributed by atoms with van der Waals surface area (Å²) in [5.41, 5.74) is 8.65. The maximum Gasteiger partial charge on any atom is 0.0701 e. The Kier molecular flexibility index (Phi) is 5.16. The lowest BCUT2D eigenvalue weighted by Crippen LogP contribution is -1.94. The smallest absolute Gasteiger partial charge is 0.0701 e. The summed E-state index contributed by atoms with van der Waals surface area (Å²) in [5, 5.41) is 5.27. The van der Waals surface area contributed by atoms with Gasteiger partial charge in [0.25, 0.3) is 0 Å². The summed E-state index contributed by atoms with van der Waals surface area (Å²) in [5.74, 6) is 0. The van der Waals surface area contributed by atoms with Crippen LogP contribution in [0.4, 0.5) is 0 Å². The first-order valence-electron chi connectivity index (χ1n) is 11.8. The Bertz CT molecular complexity index is 1560. The highest BCUT2D eigenvalue weighted by Gasteiger charge is 2.10. The van der Waals surface area contributed by atoms with Gasteiger partial charge < -0.3 is 0 Å². The van der Waals surface area contributed by atoms with Gasteiger partial charge in [-0.15, -0.1) is 0 Å². The molecule has 0 aliphatic carbocycles. The SMILES string of the molecule is Cc1cc(Cc2c3ccccc3cc3ccccc23)cc(-c2ccc(-c3ccccn3)cc2)c1. The minimum Gasteiger partial charge on any atom is -0.256 e. The summed E-state index contributed by atoms with van der Waals surface area (Å²) in [4.78, 5) is 4.48. The van der Waals surface area contributed by atoms with Gasteiger partial charge in [-0.2, -0.15) is 0 Å². The molecule has 0 fully saturated rings. The standard InChI is InChI=1S/C33H25N/c1-23-18-24(20-29(19-23)25-13-15-26(16-14-25)33-12-6-7-17-34-33)21-32-30-10-4-2-8-27(30)22-28-9-3-5-11-31(28)32/h2-20,22H,21H2,1H3. The molecule has 0 radical (unpaired) electrons. The van der Waals surface area contributed by atoms with E-state index in [1.165, 1.54) is 49.4 Å². The lowest BCUT2D eigenvalue weighted by atomic mass is 9.90. The number of aromatic nitrogens is 1. The zero-order valence-corrected chi connectivity index (χ0v) is 19.2. The zero-order chi connectivity index (χ0) is 22.9. The fraction of sp³-hybridized carbons (Fsp3) is 0.0606. The molecule has 1 aromatic heterocycles. The first-order valence-corrected chi connectivity index (χ1v) is 11.8. The van der Waals surface area contributed by atoms with Crippen LogP contribution in [0.2, 0.25) is 0 Å². The molecule has 1 nitrogen and oxygen atoms in total. The number of nitrogens with zero attached hydrogens (tertiary/aromatic N) is 1. The predicted octanol–water partition coefficient (Wildman–Crippen LogP) is 8.62. The highest BCUT2D eigenvalue weighted by molar-refractivity contribution is 6.02. The van der Waals surface area contributed by atoms with E-state index in [0.717, 1.165) is 17.7 Å². The summed E-state index contributed by atoms with van der Waals surface area (Å²) in [6, 6.07) is 41.5. The topological polar surface area (TPSA) is 12.9 Å². The van der Waals surface area contributed by atoms with Crippen LogP contribution in [0.15, 0.2) is 121 Å². The monoisotopic (exact) mass is 435 g/mol. The molecule has 5 aromatic carbocycles. The molecular formula is C33H25N. The van der Waals surface area contributed by atoms with Crippen LogP contribution in [-0.2, 0) is 6.42 Å². The molecule has 0 bridgehead atoms. The molecule has 1 heteroatoms. The first kappa shape index (κ1) is 20.4. The van der Waals surface area contributed by atoms with Crippen LogP contribution in [0.3, 0.4) is 0 Å². The van der Waals surface area contributed by atoms with E-state index in [-0.39, 0.29) is 0 Å². The largest absolute Gasteiger partial charge is 0.256 e. The molecule has 0 unspecified atom stereocenters. The van der Waals surface area contributed by atoms with Crippen molar-refractivity contribution in [2.45, 2.75) is 13.3 Å². The van der Waals surface area contributed by atoms with E-state index in [4.69, 9.17) is 0 Å². The summed E-state index contributed by atoms with van der Waals surface area (Å²) < 4.78 is 0. The quantitative estimate of drug-likeness (QED) is 0.253. The van der Waals surface area contributed by atoms with Crippen molar-refractivity contribution >= 4 is 21.5 Å². The average molecular weight is 436 g/mol. The van der Waals surface area contributed by atoms with E-state index in [2.05, 4.69) is 109 Å². The Hall–Kier alpha value is -4.23. The van der Waals surface area contributed by atoms with E-state index in [1.807, 2.05) is 24.4 Å². The number of fused-ring (bicyclic) bond motifs is 2. The summed E-state index contributed by atoms with van der Waals surface area (Å²) in [7, 11) is 0. The van der Waals surface area contributed by atoms with Crippen LogP contribution in [0.5, 0.6) is 0 Å². The van der Waals surface area contributed by atoms with Gasteiger partial charge in [0.05, 0.1) is 5.69 Å². The van der Waals surface area contributed by atoms with Crippen molar-refractivity contribution in [1.82, 2.24) is 4.98 Å². The number of hydrogen-bond donors (Lipinski definition) is 0. The second kappa shape index (κ2) is 8.61. The molecular weight excluding hydrogens is 410 g/mol. The molecule has 0 saturated heterocycles. The maximum atomic E-state index is 4.48. The first-order chi connectivity index (χ1) is 16.7. The van der Waals surface area contributed by atoms with Crippen molar-refractivity contribution in [3.8, 4) is 22.4 Å². The minimum atomic E-state index is 0.905. The summed E-state index contributed by atoms with van der Waals surface area (Å²) in [6.07, 6.45) is 2.75. The molecule has 0 aliphatic rings. The second-order valence-corrected chi connectivity index (χ2v) is 8.97. The molecule has 34 heavy (non-hydrogen) atoms. The van der Waals surface area contributed by atoms with Gasteiger partial charge in [-0.05, 0) is 75.3 Å². The molecule has 0 spiro atoms. The van der Waals surface area contributed by atoms with Gasteiger partial charge >= 0.3 is 0 Å². The third kappa shape index (κ3) is 3.86. The Morgan fingerprint density at radius 3 is 1.88 bits per heavy atom. The Morgan fingerprint density at radius 1 is 0.559 bits per heavy atom. The fourth-order valence-electron chi connectivity index (χ4n) is 5.00. The molecule has 6 rings (SSSR count). The van der Waals surface area contributed by atoms with E-state index in [1.54, 1.807) is 0 Å². The minimum absolute atomic E-state index is 0.905. The van der Waals surface area contributed by atoms with E-state index in [9.17, 15) is 0 Å². The Morgan fingerprint density at radius 2 is 1.21 bits per heavy atom. The molecule has 0 aliphatic heterocycles. The van der Waals surface area contributed by atoms with E-state index >= 15 is 0 Å². The van der Waals surface area contributed by atoms with Crippen molar-refractivity contribution in [2.24, 2.45) is 0 Å². The average Bonchev–Trinajstić information content (AvgIpc) is 2.89. The third-order valence-electron chi connectivity index (χ3n) is 6.58. The van der Waals surface area contributed by atoms with E-state index in [0.29, 0.717) is 0 Å². The number of rotatable bonds is 4. The molecule has 162 valence electrons. The number of benzene rings is 5. The van der Waals surface area contributed by atoms with Crippen LogP contribution >= 0.6 is 0 Å². The number of hydrogen-bond acceptors (Lipinski definition) is 1. The van der Waals surface area contributed by atoms with Crippen molar-refractivity contribution < 1.29 is 0 Å². The van der Waals surface area contributed by atoms with Gasteiger partial charge in [0.1, 0.15) is 0 Å². The molecule has 6 aromatic rings. The van der Waals surface area contributed by atoms with Crippen LogP contribution in [-0.4, -0.2) is 4.98 Å². The van der Waals surface area contributed by atoms with Crippen LogP contribution in [0.1, 0.15) is 16.7 Å². The zero-order valence-electron chi connectivity index (χ0n) is 19.2. The summed E-state index contributed by atoms with van der Waals surface area (Å²) >= 11 is 0. The van der Waals surface area contributed by atoms with Gasteiger partial charge in [0.15, 0.2) is 0 Å². The highest BCUT2D eigenvalue weighted by atomic mass is 14.7. The molecule has 0 N–H and O–H groups in total. The van der Waals surface area contributed by atoms with Crippen molar-refractivity contribution in [2.75, 3.05) is 0 Å². The lowest BCUT2D eigenvalue weighted by molar-refractivity contribution is 1.22.